The quantitative estimate of drug-likeness (QED) is 0.805. The maximum Gasteiger partial charge on any atom is 0.308 e. The number of ether oxygens (including phenoxy) is 2. The zero-order chi connectivity index (χ0) is 17.7. The molecule has 1 N–H and O–H groups in total. The van der Waals surface area contributed by atoms with Crippen LogP contribution in [0.3, 0.4) is 0 Å². The number of piperidine rings is 1. The normalized spacial score (nSPS) is 21.5. The minimum absolute atomic E-state index is 0.00274. The first kappa shape index (κ1) is 18.9. The number of aliphatic carboxylic acids is 1. The highest BCUT2D eigenvalue weighted by Gasteiger charge is 2.32. The standard InChI is InChI=1S/C18H26ClNO4/c1-4-8-24-17-15(19)9-13(10-16(17)23-3)11-20-7-5-6-14(12(20)2)18(21)22/h9-10,12,14H,4-8,11H2,1-3H3,(H,21,22)/t12-,14-/m0/s1. The zero-order valence-corrected chi connectivity index (χ0v) is 15.3. The second-order valence-electron chi connectivity index (χ2n) is 6.26. The third-order valence-corrected chi connectivity index (χ3v) is 4.84. The van der Waals surface area contributed by atoms with E-state index < -0.39 is 5.97 Å². The van der Waals surface area contributed by atoms with Crippen molar-refractivity contribution < 1.29 is 19.4 Å². The van der Waals surface area contributed by atoms with Gasteiger partial charge in [0.05, 0.1) is 24.7 Å². The summed E-state index contributed by atoms with van der Waals surface area (Å²) in [4.78, 5) is 13.6. The van der Waals surface area contributed by atoms with E-state index in [1.54, 1.807) is 7.11 Å². The molecule has 1 aromatic rings. The van der Waals surface area contributed by atoms with Crippen LogP contribution in [0, 0.1) is 5.92 Å². The number of benzene rings is 1. The second-order valence-corrected chi connectivity index (χ2v) is 6.66. The maximum absolute atomic E-state index is 11.4. The Morgan fingerprint density at radius 2 is 2.21 bits per heavy atom. The fourth-order valence-corrected chi connectivity index (χ4v) is 3.50. The lowest BCUT2D eigenvalue weighted by atomic mass is 9.90. The Morgan fingerprint density at radius 3 is 2.83 bits per heavy atom. The van der Waals surface area contributed by atoms with Gasteiger partial charge in [0, 0.05) is 12.6 Å². The van der Waals surface area contributed by atoms with Gasteiger partial charge in [0.25, 0.3) is 0 Å². The van der Waals surface area contributed by atoms with Crippen LogP contribution in [0.25, 0.3) is 0 Å². The highest BCUT2D eigenvalue weighted by atomic mass is 35.5. The number of hydrogen-bond acceptors (Lipinski definition) is 4. The van der Waals surface area contributed by atoms with Crippen molar-refractivity contribution in [3.63, 3.8) is 0 Å². The van der Waals surface area contributed by atoms with Crippen LogP contribution < -0.4 is 9.47 Å². The Kier molecular flexibility index (Phi) is 6.75. The van der Waals surface area contributed by atoms with Crippen molar-refractivity contribution in [3.05, 3.63) is 22.7 Å². The summed E-state index contributed by atoms with van der Waals surface area (Å²) < 4.78 is 11.1. The Morgan fingerprint density at radius 1 is 1.46 bits per heavy atom. The van der Waals surface area contributed by atoms with Gasteiger partial charge in [0.1, 0.15) is 0 Å². The van der Waals surface area contributed by atoms with E-state index in [9.17, 15) is 9.90 Å². The van der Waals surface area contributed by atoms with E-state index in [1.807, 2.05) is 26.0 Å². The third kappa shape index (κ3) is 4.33. The molecule has 0 bridgehead atoms. The first-order chi connectivity index (χ1) is 11.5. The van der Waals surface area contributed by atoms with Crippen LogP contribution in [0.15, 0.2) is 12.1 Å². The summed E-state index contributed by atoms with van der Waals surface area (Å²) in [6.07, 6.45) is 2.52. The van der Waals surface area contributed by atoms with Crippen LogP contribution in [-0.2, 0) is 11.3 Å². The van der Waals surface area contributed by atoms with Gasteiger partial charge in [-0.05, 0) is 50.4 Å². The smallest absolute Gasteiger partial charge is 0.308 e. The predicted molar refractivity (Wildman–Crippen MR) is 94.0 cm³/mol. The van der Waals surface area contributed by atoms with Crippen molar-refractivity contribution in [1.82, 2.24) is 4.90 Å². The minimum atomic E-state index is -0.717. The van der Waals surface area contributed by atoms with Crippen molar-refractivity contribution in [2.75, 3.05) is 20.3 Å². The molecule has 1 heterocycles. The van der Waals surface area contributed by atoms with Gasteiger partial charge in [-0.3, -0.25) is 9.69 Å². The second kappa shape index (κ2) is 8.58. The number of carboxylic acid groups (broad SMARTS) is 1. The molecule has 134 valence electrons. The van der Waals surface area contributed by atoms with Crippen molar-refractivity contribution in [1.29, 1.82) is 0 Å². The molecule has 5 nitrogen and oxygen atoms in total. The van der Waals surface area contributed by atoms with Crippen LogP contribution in [0.1, 0.15) is 38.7 Å². The predicted octanol–water partition coefficient (Wildman–Crippen LogP) is 3.82. The molecule has 0 unspecified atom stereocenters. The van der Waals surface area contributed by atoms with Crippen molar-refractivity contribution in [2.24, 2.45) is 5.92 Å². The molecule has 1 aliphatic rings. The van der Waals surface area contributed by atoms with Gasteiger partial charge < -0.3 is 14.6 Å². The average Bonchev–Trinajstić information content (AvgIpc) is 2.55. The van der Waals surface area contributed by atoms with Gasteiger partial charge in [-0.25, -0.2) is 0 Å². The molecule has 0 spiro atoms. The summed E-state index contributed by atoms with van der Waals surface area (Å²) in [7, 11) is 1.60. The Hall–Kier alpha value is -1.46. The molecule has 0 radical (unpaired) electrons. The molecule has 1 fully saturated rings. The summed E-state index contributed by atoms with van der Waals surface area (Å²) in [5, 5.41) is 9.88. The maximum atomic E-state index is 11.4. The summed E-state index contributed by atoms with van der Waals surface area (Å²) in [6, 6.07) is 3.80. The summed E-state index contributed by atoms with van der Waals surface area (Å²) >= 11 is 6.36. The molecule has 2 atom stereocenters. The van der Waals surface area contributed by atoms with Gasteiger partial charge in [-0.2, -0.15) is 0 Å². The average molecular weight is 356 g/mol. The fraction of sp³-hybridized carbons (Fsp3) is 0.611. The molecule has 1 aromatic carbocycles. The van der Waals surface area contributed by atoms with E-state index in [-0.39, 0.29) is 12.0 Å². The molecule has 6 heteroatoms. The third-order valence-electron chi connectivity index (χ3n) is 4.56. The number of nitrogens with zero attached hydrogens (tertiary/aromatic N) is 1. The molecule has 1 saturated heterocycles. The van der Waals surface area contributed by atoms with E-state index in [4.69, 9.17) is 21.1 Å². The van der Waals surface area contributed by atoms with Gasteiger partial charge >= 0.3 is 5.97 Å². The number of methoxy groups -OCH3 is 1. The van der Waals surface area contributed by atoms with Gasteiger partial charge in [-0.1, -0.05) is 18.5 Å². The molecule has 0 aromatic heterocycles. The number of rotatable bonds is 7. The molecule has 0 saturated carbocycles. The van der Waals surface area contributed by atoms with Gasteiger partial charge in [0.15, 0.2) is 11.5 Å². The van der Waals surface area contributed by atoms with E-state index in [2.05, 4.69) is 4.90 Å². The van der Waals surface area contributed by atoms with E-state index >= 15 is 0 Å². The first-order valence-electron chi connectivity index (χ1n) is 8.44. The summed E-state index contributed by atoms with van der Waals surface area (Å²) in [5.41, 5.74) is 0.999. The van der Waals surface area contributed by atoms with Crippen molar-refractivity contribution in [2.45, 2.75) is 45.7 Å². The lowest BCUT2D eigenvalue weighted by Crippen LogP contribution is -2.45. The Labute approximate surface area is 148 Å². The molecule has 2 rings (SSSR count). The number of carboxylic acids is 1. The number of hydrogen-bond donors (Lipinski definition) is 1. The number of likely N-dealkylation sites (tertiary alicyclic amines) is 1. The van der Waals surface area contributed by atoms with Crippen molar-refractivity contribution >= 4 is 17.6 Å². The van der Waals surface area contributed by atoms with E-state index in [1.165, 1.54) is 0 Å². The Balaban J connectivity index is 2.17. The monoisotopic (exact) mass is 355 g/mol. The molecule has 24 heavy (non-hydrogen) atoms. The number of carbonyl (C=O) groups is 1. The number of halogens is 1. The largest absolute Gasteiger partial charge is 0.493 e. The van der Waals surface area contributed by atoms with E-state index in [0.717, 1.165) is 31.4 Å². The van der Waals surface area contributed by atoms with Crippen molar-refractivity contribution in [3.8, 4) is 11.5 Å². The molecule has 0 aliphatic carbocycles. The molecular formula is C18H26ClNO4. The van der Waals surface area contributed by atoms with Crippen LogP contribution in [0.2, 0.25) is 5.02 Å². The summed E-state index contributed by atoms with van der Waals surface area (Å²) in [6.45, 7) is 6.13. The lowest BCUT2D eigenvalue weighted by molar-refractivity contribution is -0.145. The SMILES string of the molecule is CCCOc1c(Cl)cc(CN2CCC[C@H](C(=O)O)[C@@H]2C)cc1OC. The molecule has 1 aliphatic heterocycles. The first-order valence-corrected chi connectivity index (χ1v) is 8.81. The van der Waals surface area contributed by atoms with Crippen LogP contribution in [-0.4, -0.2) is 42.3 Å². The van der Waals surface area contributed by atoms with Crippen LogP contribution in [0.5, 0.6) is 11.5 Å². The van der Waals surface area contributed by atoms with E-state index in [0.29, 0.717) is 29.7 Å². The topological polar surface area (TPSA) is 59.0 Å². The summed E-state index contributed by atoms with van der Waals surface area (Å²) in [5.74, 6) is 0.152. The molecule has 0 amide bonds. The van der Waals surface area contributed by atoms with Crippen LogP contribution >= 0.6 is 11.6 Å². The zero-order valence-electron chi connectivity index (χ0n) is 14.5. The highest BCUT2D eigenvalue weighted by molar-refractivity contribution is 6.32. The lowest BCUT2D eigenvalue weighted by Gasteiger charge is -2.37. The highest BCUT2D eigenvalue weighted by Crippen LogP contribution is 2.37. The Bertz CT molecular complexity index is 578. The van der Waals surface area contributed by atoms with Gasteiger partial charge in [-0.15, -0.1) is 0 Å². The molecular weight excluding hydrogens is 330 g/mol. The minimum Gasteiger partial charge on any atom is -0.493 e. The fourth-order valence-electron chi connectivity index (χ4n) is 3.21. The van der Waals surface area contributed by atoms with Crippen LogP contribution in [0.4, 0.5) is 0 Å². The van der Waals surface area contributed by atoms with Gasteiger partial charge in [0.2, 0.25) is 0 Å².